The number of hydrogen-bond acceptors (Lipinski definition) is 3. The molecule has 1 saturated heterocycles. The molecule has 0 radical (unpaired) electrons. The molecule has 2 rings (SSSR count). The zero-order chi connectivity index (χ0) is 15.6. The third kappa shape index (κ3) is 2.93. The van der Waals surface area contributed by atoms with Crippen molar-refractivity contribution in [1.82, 2.24) is 0 Å². The van der Waals surface area contributed by atoms with E-state index in [1.54, 1.807) is 18.2 Å². The smallest absolute Gasteiger partial charge is 0.261 e. The van der Waals surface area contributed by atoms with Crippen LogP contribution in [-0.2, 0) is 9.59 Å². The Kier molecular flexibility index (Phi) is 4.35. The van der Waals surface area contributed by atoms with Gasteiger partial charge in [0.1, 0.15) is 12.4 Å². The maximum Gasteiger partial charge on any atom is 0.261 e. The summed E-state index contributed by atoms with van der Waals surface area (Å²) in [6.45, 7) is 3.69. The van der Waals surface area contributed by atoms with Crippen molar-refractivity contribution >= 4 is 29.1 Å². The maximum atomic E-state index is 12.3. The Bertz CT molecular complexity index is 681. The van der Waals surface area contributed by atoms with Gasteiger partial charge in [0.25, 0.3) is 5.91 Å². The predicted molar refractivity (Wildman–Crippen MR) is 81.3 cm³/mol. The molecule has 21 heavy (non-hydrogen) atoms. The van der Waals surface area contributed by atoms with E-state index in [4.69, 9.17) is 22.8 Å². The molecule has 1 heterocycles. The van der Waals surface area contributed by atoms with Crippen molar-refractivity contribution in [2.24, 2.45) is 0 Å². The second-order valence-corrected chi connectivity index (χ2v) is 5.20. The van der Waals surface area contributed by atoms with Gasteiger partial charge in [-0.05, 0) is 26.0 Å². The van der Waals surface area contributed by atoms with E-state index < -0.39 is 0 Å². The lowest BCUT2D eigenvalue weighted by Crippen LogP contribution is -2.29. The molecular weight excluding hydrogens is 290 g/mol. The molecular formula is C16H14ClNO3. The zero-order valence-electron chi connectivity index (χ0n) is 11.8. The van der Waals surface area contributed by atoms with Crippen LogP contribution in [0.1, 0.15) is 20.3 Å². The molecule has 1 aliphatic rings. The van der Waals surface area contributed by atoms with Gasteiger partial charge >= 0.3 is 0 Å². The Morgan fingerprint density at radius 2 is 2.14 bits per heavy atom. The maximum absolute atomic E-state index is 12.3. The highest BCUT2D eigenvalue weighted by Crippen LogP contribution is 2.33. The van der Waals surface area contributed by atoms with Gasteiger partial charge in [0.15, 0.2) is 0 Å². The van der Waals surface area contributed by atoms with Gasteiger partial charge in [-0.3, -0.25) is 9.59 Å². The second-order valence-electron chi connectivity index (χ2n) is 4.80. The molecule has 0 atom stereocenters. The number of imide groups is 1. The monoisotopic (exact) mass is 303 g/mol. The summed E-state index contributed by atoms with van der Waals surface area (Å²) in [5.74, 6) is 2.12. The fraction of sp³-hybridized carbons (Fsp3) is 0.250. The topological polar surface area (TPSA) is 46.6 Å². The highest BCUT2D eigenvalue weighted by molar-refractivity contribution is 6.32. The number of anilines is 1. The average Bonchev–Trinajstić information content (AvgIpc) is 2.74. The first-order valence-electron chi connectivity index (χ1n) is 6.35. The lowest BCUT2D eigenvalue weighted by molar-refractivity contribution is -0.120. The van der Waals surface area contributed by atoms with Crippen LogP contribution < -0.4 is 9.64 Å². The molecule has 0 N–H and O–H groups in total. The summed E-state index contributed by atoms with van der Waals surface area (Å²) in [7, 11) is 0. The van der Waals surface area contributed by atoms with Crippen LogP contribution in [0.2, 0.25) is 5.02 Å². The number of benzene rings is 1. The van der Waals surface area contributed by atoms with E-state index in [0.717, 1.165) is 10.5 Å². The normalized spacial score (nSPS) is 14.4. The standard InChI is InChI=1S/C16H14ClNO3/c1-4-7-21-14-8-11(5-6-13(14)17)18-15(19)9-12(10(2)3)16(18)20/h1,5-6,8H,7,9H2,2-3H3. The largest absolute Gasteiger partial charge is 0.479 e. The minimum Gasteiger partial charge on any atom is -0.479 e. The van der Waals surface area contributed by atoms with E-state index in [1.807, 2.05) is 13.8 Å². The Morgan fingerprint density at radius 1 is 1.43 bits per heavy atom. The first kappa shape index (κ1) is 15.1. The van der Waals surface area contributed by atoms with Crippen LogP contribution in [0.25, 0.3) is 0 Å². The van der Waals surface area contributed by atoms with Crippen molar-refractivity contribution in [1.29, 1.82) is 0 Å². The van der Waals surface area contributed by atoms with Crippen LogP contribution in [0.5, 0.6) is 5.75 Å². The lowest BCUT2D eigenvalue weighted by Gasteiger charge is -2.15. The number of ether oxygens (including phenoxy) is 1. The number of amides is 2. The van der Waals surface area contributed by atoms with Gasteiger partial charge in [0.05, 0.1) is 17.1 Å². The molecule has 108 valence electrons. The first-order valence-corrected chi connectivity index (χ1v) is 6.73. The lowest BCUT2D eigenvalue weighted by atomic mass is 10.1. The molecule has 0 bridgehead atoms. The SMILES string of the molecule is C#CCOc1cc(N2C(=O)CC(=C(C)C)C2=O)ccc1Cl. The Labute approximate surface area is 128 Å². The van der Waals surface area contributed by atoms with Crippen molar-refractivity contribution < 1.29 is 14.3 Å². The first-order chi connectivity index (χ1) is 9.95. The van der Waals surface area contributed by atoms with Crippen LogP contribution in [0.3, 0.4) is 0 Å². The summed E-state index contributed by atoms with van der Waals surface area (Å²) in [5, 5.41) is 0.371. The molecule has 0 unspecified atom stereocenters. The minimum absolute atomic E-state index is 0.0598. The van der Waals surface area contributed by atoms with E-state index in [1.165, 1.54) is 0 Å². The quantitative estimate of drug-likeness (QED) is 0.490. The fourth-order valence-corrected chi connectivity index (χ4v) is 2.24. The molecule has 0 spiro atoms. The number of nitrogens with zero attached hydrogens (tertiary/aromatic N) is 1. The van der Waals surface area contributed by atoms with Gasteiger partial charge in [0.2, 0.25) is 5.91 Å². The van der Waals surface area contributed by atoms with Gasteiger partial charge in [-0.1, -0.05) is 23.1 Å². The number of carbonyl (C=O) groups is 2. The summed E-state index contributed by atoms with van der Waals surface area (Å²) >= 11 is 6.00. The van der Waals surface area contributed by atoms with E-state index in [9.17, 15) is 9.59 Å². The van der Waals surface area contributed by atoms with Crippen molar-refractivity contribution in [3.05, 3.63) is 34.4 Å². The van der Waals surface area contributed by atoms with Crippen molar-refractivity contribution in [3.63, 3.8) is 0 Å². The Hall–Kier alpha value is -2.25. The third-order valence-electron chi connectivity index (χ3n) is 3.13. The summed E-state index contributed by atoms with van der Waals surface area (Å²) in [6, 6.07) is 4.72. The highest BCUT2D eigenvalue weighted by atomic mass is 35.5. The third-order valence-corrected chi connectivity index (χ3v) is 3.44. The molecule has 0 aromatic heterocycles. The van der Waals surface area contributed by atoms with Gasteiger partial charge < -0.3 is 4.74 Å². The van der Waals surface area contributed by atoms with Crippen LogP contribution in [0, 0.1) is 12.3 Å². The predicted octanol–water partition coefficient (Wildman–Crippen LogP) is 2.95. The minimum atomic E-state index is -0.301. The molecule has 4 nitrogen and oxygen atoms in total. The number of terminal acetylenes is 1. The van der Waals surface area contributed by atoms with Crippen molar-refractivity contribution in [3.8, 4) is 18.1 Å². The molecule has 1 fully saturated rings. The highest BCUT2D eigenvalue weighted by Gasteiger charge is 2.35. The number of allylic oxidation sites excluding steroid dienone is 1. The number of halogens is 1. The molecule has 5 heteroatoms. The second kappa shape index (κ2) is 6.02. The molecule has 2 amide bonds. The van der Waals surface area contributed by atoms with Gasteiger partial charge in [-0.15, -0.1) is 6.42 Å². The summed E-state index contributed by atoms with van der Waals surface area (Å²) < 4.78 is 5.30. The Morgan fingerprint density at radius 3 is 2.71 bits per heavy atom. The van der Waals surface area contributed by atoms with Crippen LogP contribution in [-0.4, -0.2) is 18.4 Å². The zero-order valence-corrected chi connectivity index (χ0v) is 12.5. The molecule has 1 aliphatic heterocycles. The Balaban J connectivity index is 2.39. The molecule has 1 aromatic carbocycles. The summed E-state index contributed by atoms with van der Waals surface area (Å²) in [6.07, 6.45) is 5.25. The van der Waals surface area contributed by atoms with Crippen molar-refractivity contribution in [2.75, 3.05) is 11.5 Å². The van der Waals surface area contributed by atoms with Gasteiger partial charge in [-0.25, -0.2) is 4.90 Å². The van der Waals surface area contributed by atoms with E-state index in [0.29, 0.717) is 22.0 Å². The van der Waals surface area contributed by atoms with Crippen LogP contribution in [0.4, 0.5) is 5.69 Å². The van der Waals surface area contributed by atoms with Crippen molar-refractivity contribution in [2.45, 2.75) is 20.3 Å². The average molecular weight is 304 g/mol. The van der Waals surface area contributed by atoms with Gasteiger partial charge in [-0.2, -0.15) is 0 Å². The van der Waals surface area contributed by atoms with Gasteiger partial charge in [0, 0.05) is 11.6 Å². The van der Waals surface area contributed by atoms with E-state index in [-0.39, 0.29) is 24.8 Å². The van der Waals surface area contributed by atoms with E-state index >= 15 is 0 Å². The fourth-order valence-electron chi connectivity index (χ4n) is 2.07. The molecule has 0 aliphatic carbocycles. The molecule has 0 saturated carbocycles. The number of rotatable bonds is 3. The van der Waals surface area contributed by atoms with Crippen LogP contribution in [0.15, 0.2) is 29.3 Å². The van der Waals surface area contributed by atoms with E-state index in [2.05, 4.69) is 5.92 Å². The molecule has 1 aromatic rings. The summed E-state index contributed by atoms with van der Waals surface area (Å²) in [4.78, 5) is 25.5. The summed E-state index contributed by atoms with van der Waals surface area (Å²) in [5.41, 5.74) is 1.80. The number of carbonyl (C=O) groups excluding carboxylic acids is 2. The number of hydrogen-bond donors (Lipinski definition) is 0. The van der Waals surface area contributed by atoms with Crippen LogP contribution >= 0.6 is 11.6 Å².